The fraction of sp³-hybridized carbons (Fsp3) is 0.474. The second-order valence-electron chi connectivity index (χ2n) is 7.13. The summed E-state index contributed by atoms with van der Waals surface area (Å²) >= 11 is 1.73. The maximum atomic E-state index is 13.1. The molecule has 2 aliphatic rings. The molecule has 0 N–H and O–H groups in total. The van der Waals surface area contributed by atoms with Gasteiger partial charge in [-0.15, -0.1) is 0 Å². The van der Waals surface area contributed by atoms with E-state index in [-0.39, 0.29) is 5.91 Å². The quantitative estimate of drug-likeness (QED) is 0.841. The molecule has 132 valence electrons. The molecule has 0 aliphatic carbocycles. The molecule has 5 nitrogen and oxygen atoms in total. The number of rotatable bonds is 4. The third kappa shape index (κ3) is 3.21. The highest BCUT2D eigenvalue weighted by Gasteiger charge is 2.52. The maximum Gasteiger partial charge on any atom is 0.244 e. The first-order chi connectivity index (χ1) is 12.2. The van der Waals surface area contributed by atoms with E-state index < -0.39 is 5.54 Å². The number of likely N-dealkylation sites (tertiary alicyclic amines) is 1. The van der Waals surface area contributed by atoms with Gasteiger partial charge < -0.3 is 4.90 Å². The van der Waals surface area contributed by atoms with E-state index in [0.717, 1.165) is 45.7 Å². The normalized spacial score (nSPS) is 25.2. The second kappa shape index (κ2) is 6.86. The first-order valence-corrected chi connectivity index (χ1v) is 9.75. The van der Waals surface area contributed by atoms with Gasteiger partial charge in [0.1, 0.15) is 5.54 Å². The molecule has 25 heavy (non-hydrogen) atoms. The van der Waals surface area contributed by atoms with E-state index in [0.29, 0.717) is 0 Å². The van der Waals surface area contributed by atoms with Crippen molar-refractivity contribution in [2.45, 2.75) is 25.0 Å². The minimum absolute atomic E-state index is 0.274. The molecule has 1 amide bonds. The van der Waals surface area contributed by atoms with Crippen LogP contribution in [0.4, 0.5) is 0 Å². The molecule has 2 aromatic rings. The predicted octanol–water partition coefficient (Wildman–Crippen LogP) is 2.06. The Morgan fingerprint density at radius 3 is 2.88 bits per heavy atom. The van der Waals surface area contributed by atoms with Gasteiger partial charge in [-0.3, -0.25) is 19.6 Å². The van der Waals surface area contributed by atoms with Gasteiger partial charge in [-0.25, -0.2) is 0 Å². The zero-order chi connectivity index (χ0) is 17.3. The van der Waals surface area contributed by atoms with Crippen LogP contribution < -0.4 is 0 Å². The molecular formula is C19H24N4OS. The molecule has 4 heterocycles. The first-order valence-electron chi connectivity index (χ1n) is 8.80. The zero-order valence-corrected chi connectivity index (χ0v) is 15.4. The monoisotopic (exact) mass is 356 g/mol. The average Bonchev–Trinajstić information content (AvgIpc) is 3.28. The fourth-order valence-corrected chi connectivity index (χ4v) is 4.76. The second-order valence-corrected chi connectivity index (χ2v) is 7.91. The number of carbonyl (C=O) groups is 1. The molecule has 2 aliphatic heterocycles. The molecule has 1 spiro atoms. The van der Waals surface area contributed by atoms with Crippen molar-refractivity contribution in [3.05, 3.63) is 52.5 Å². The van der Waals surface area contributed by atoms with E-state index in [9.17, 15) is 4.79 Å². The highest BCUT2D eigenvalue weighted by molar-refractivity contribution is 7.07. The van der Waals surface area contributed by atoms with Gasteiger partial charge in [0.05, 0.1) is 0 Å². The van der Waals surface area contributed by atoms with Gasteiger partial charge in [-0.2, -0.15) is 11.3 Å². The summed E-state index contributed by atoms with van der Waals surface area (Å²) in [4.78, 5) is 24.1. The van der Waals surface area contributed by atoms with Gasteiger partial charge >= 0.3 is 0 Å². The van der Waals surface area contributed by atoms with Crippen LogP contribution in [0.5, 0.6) is 0 Å². The summed E-state index contributed by atoms with van der Waals surface area (Å²) in [6.45, 7) is 5.22. The number of hydrogen-bond acceptors (Lipinski definition) is 5. The summed E-state index contributed by atoms with van der Waals surface area (Å²) < 4.78 is 0. The Morgan fingerprint density at radius 2 is 2.12 bits per heavy atom. The number of carbonyl (C=O) groups excluding carboxylic acids is 1. The lowest BCUT2D eigenvalue weighted by molar-refractivity contribution is -0.149. The molecule has 1 unspecified atom stereocenters. The number of likely N-dealkylation sites (N-methyl/N-ethyl adjacent to an activating group) is 1. The van der Waals surface area contributed by atoms with Crippen LogP contribution in [-0.4, -0.2) is 64.4 Å². The van der Waals surface area contributed by atoms with Crippen LogP contribution in [-0.2, 0) is 17.9 Å². The summed E-state index contributed by atoms with van der Waals surface area (Å²) in [7, 11) is 1.94. The molecule has 4 rings (SSSR count). The van der Waals surface area contributed by atoms with E-state index in [1.807, 2.05) is 24.2 Å². The van der Waals surface area contributed by atoms with Crippen molar-refractivity contribution in [2.75, 3.05) is 33.2 Å². The number of nitrogens with zero attached hydrogens (tertiary/aromatic N) is 4. The van der Waals surface area contributed by atoms with Crippen LogP contribution in [0.15, 0.2) is 41.4 Å². The van der Waals surface area contributed by atoms with Crippen molar-refractivity contribution in [1.82, 2.24) is 19.7 Å². The van der Waals surface area contributed by atoms with E-state index in [2.05, 4.69) is 37.7 Å². The Bertz CT molecular complexity index is 720. The third-order valence-electron chi connectivity index (χ3n) is 5.46. The van der Waals surface area contributed by atoms with Gasteiger partial charge in [0.15, 0.2) is 0 Å². The van der Waals surface area contributed by atoms with Crippen molar-refractivity contribution >= 4 is 17.2 Å². The molecule has 0 saturated carbocycles. The highest BCUT2D eigenvalue weighted by atomic mass is 32.1. The lowest BCUT2D eigenvalue weighted by Crippen LogP contribution is -2.65. The zero-order valence-electron chi connectivity index (χ0n) is 14.6. The Balaban J connectivity index is 1.55. The van der Waals surface area contributed by atoms with Crippen LogP contribution in [0.2, 0.25) is 0 Å². The molecule has 2 aromatic heterocycles. The standard InChI is InChI=1S/C19H24N4OS/c1-21-8-9-23(13-16-3-2-6-20-11-16)19(18(21)24)5-7-22(15-19)12-17-4-10-25-14-17/h2-4,6,10-11,14H,5,7-9,12-13,15H2,1H3. The maximum absolute atomic E-state index is 13.1. The summed E-state index contributed by atoms with van der Waals surface area (Å²) in [6.07, 6.45) is 4.61. The number of hydrogen-bond donors (Lipinski definition) is 0. The fourth-order valence-electron chi connectivity index (χ4n) is 4.10. The lowest BCUT2D eigenvalue weighted by Gasteiger charge is -2.46. The Morgan fingerprint density at radius 1 is 1.20 bits per heavy atom. The molecule has 2 saturated heterocycles. The Hall–Kier alpha value is -1.76. The lowest BCUT2D eigenvalue weighted by atomic mass is 9.91. The van der Waals surface area contributed by atoms with Crippen molar-refractivity contribution in [3.8, 4) is 0 Å². The summed E-state index contributed by atoms with van der Waals surface area (Å²) in [5, 5.41) is 4.32. The van der Waals surface area contributed by atoms with E-state index in [1.54, 1.807) is 17.5 Å². The van der Waals surface area contributed by atoms with Crippen LogP contribution in [0.3, 0.4) is 0 Å². The SMILES string of the molecule is CN1CCN(Cc2cccnc2)C2(CCN(Cc3ccsc3)C2)C1=O. The van der Waals surface area contributed by atoms with Gasteiger partial charge in [-0.1, -0.05) is 6.07 Å². The first kappa shape index (κ1) is 16.7. The summed E-state index contributed by atoms with van der Waals surface area (Å²) in [5.41, 5.74) is 2.13. The molecule has 0 bridgehead atoms. The molecule has 6 heteroatoms. The number of thiophene rings is 1. The van der Waals surface area contributed by atoms with Crippen molar-refractivity contribution in [1.29, 1.82) is 0 Å². The summed E-state index contributed by atoms with van der Waals surface area (Å²) in [6, 6.07) is 6.25. The molecule has 0 radical (unpaired) electrons. The third-order valence-corrected chi connectivity index (χ3v) is 6.20. The minimum atomic E-state index is -0.390. The van der Waals surface area contributed by atoms with Crippen LogP contribution in [0, 0.1) is 0 Å². The predicted molar refractivity (Wildman–Crippen MR) is 99.2 cm³/mol. The van der Waals surface area contributed by atoms with Crippen LogP contribution >= 0.6 is 11.3 Å². The Labute approximate surface area is 152 Å². The summed E-state index contributed by atoms with van der Waals surface area (Å²) in [5.74, 6) is 0.274. The van der Waals surface area contributed by atoms with Gasteiger partial charge in [0, 0.05) is 58.7 Å². The number of amides is 1. The number of aromatic nitrogens is 1. The van der Waals surface area contributed by atoms with Crippen LogP contribution in [0.1, 0.15) is 17.5 Å². The molecule has 2 fully saturated rings. The van der Waals surface area contributed by atoms with Gasteiger partial charge in [0.2, 0.25) is 5.91 Å². The highest BCUT2D eigenvalue weighted by Crippen LogP contribution is 2.34. The van der Waals surface area contributed by atoms with E-state index >= 15 is 0 Å². The molecule has 1 atom stereocenters. The minimum Gasteiger partial charge on any atom is -0.343 e. The van der Waals surface area contributed by atoms with Crippen molar-refractivity contribution in [2.24, 2.45) is 0 Å². The van der Waals surface area contributed by atoms with E-state index in [1.165, 1.54) is 11.1 Å². The molecular weight excluding hydrogens is 332 g/mol. The Kier molecular flexibility index (Phi) is 4.58. The largest absolute Gasteiger partial charge is 0.343 e. The topological polar surface area (TPSA) is 39.7 Å². The van der Waals surface area contributed by atoms with Crippen molar-refractivity contribution < 1.29 is 4.79 Å². The van der Waals surface area contributed by atoms with Gasteiger partial charge in [0.25, 0.3) is 0 Å². The molecule has 0 aromatic carbocycles. The van der Waals surface area contributed by atoms with Crippen molar-refractivity contribution in [3.63, 3.8) is 0 Å². The smallest absolute Gasteiger partial charge is 0.244 e. The number of pyridine rings is 1. The number of piperazine rings is 1. The van der Waals surface area contributed by atoms with E-state index in [4.69, 9.17) is 0 Å². The van der Waals surface area contributed by atoms with Crippen LogP contribution in [0.25, 0.3) is 0 Å². The van der Waals surface area contributed by atoms with Gasteiger partial charge in [-0.05, 0) is 40.4 Å². The average molecular weight is 356 g/mol.